The standard InChI is InChI=1S/C18H26N2O/c21-14-6-13-20-17-10-5-4-9-16(17)19-18(20)12-11-15-7-2-1-3-8-15/h4-5,9-10,15,21H,1-3,6-8,11-14H2. The van der Waals surface area contributed by atoms with Crippen LogP contribution >= 0.6 is 0 Å². The number of rotatable bonds is 6. The molecule has 0 radical (unpaired) electrons. The molecule has 0 bridgehead atoms. The fraction of sp³-hybridized carbons (Fsp3) is 0.611. The van der Waals surface area contributed by atoms with E-state index in [1.807, 2.05) is 0 Å². The van der Waals surface area contributed by atoms with Gasteiger partial charge in [-0.15, -0.1) is 0 Å². The van der Waals surface area contributed by atoms with Gasteiger partial charge in [0.1, 0.15) is 5.82 Å². The zero-order valence-electron chi connectivity index (χ0n) is 12.8. The van der Waals surface area contributed by atoms with E-state index in [1.165, 1.54) is 49.9 Å². The molecule has 1 aromatic carbocycles. The van der Waals surface area contributed by atoms with Crippen LogP contribution in [0.2, 0.25) is 0 Å². The van der Waals surface area contributed by atoms with Crippen molar-refractivity contribution in [2.75, 3.05) is 6.61 Å². The lowest BCUT2D eigenvalue weighted by Gasteiger charge is -2.21. The predicted octanol–water partition coefficient (Wildman–Crippen LogP) is 3.93. The summed E-state index contributed by atoms with van der Waals surface area (Å²) in [6.45, 7) is 1.12. The summed E-state index contributed by atoms with van der Waals surface area (Å²) in [5, 5.41) is 9.13. The van der Waals surface area contributed by atoms with Crippen LogP contribution in [-0.2, 0) is 13.0 Å². The molecule has 0 atom stereocenters. The van der Waals surface area contributed by atoms with Gasteiger partial charge in [0.2, 0.25) is 0 Å². The van der Waals surface area contributed by atoms with Gasteiger partial charge >= 0.3 is 0 Å². The van der Waals surface area contributed by atoms with Crippen molar-refractivity contribution in [3.8, 4) is 0 Å². The molecule has 3 nitrogen and oxygen atoms in total. The Morgan fingerprint density at radius 2 is 1.95 bits per heavy atom. The summed E-state index contributed by atoms with van der Waals surface area (Å²) in [5.74, 6) is 2.10. The molecule has 2 aromatic rings. The first-order valence-corrected chi connectivity index (χ1v) is 8.43. The summed E-state index contributed by atoms with van der Waals surface area (Å²) in [6.07, 6.45) is 10.2. The Hall–Kier alpha value is -1.35. The van der Waals surface area contributed by atoms with E-state index in [-0.39, 0.29) is 6.61 Å². The highest BCUT2D eigenvalue weighted by molar-refractivity contribution is 5.75. The van der Waals surface area contributed by atoms with E-state index < -0.39 is 0 Å². The highest BCUT2D eigenvalue weighted by Crippen LogP contribution is 2.28. The van der Waals surface area contributed by atoms with Crippen molar-refractivity contribution in [2.24, 2.45) is 5.92 Å². The highest BCUT2D eigenvalue weighted by atomic mass is 16.3. The molecule has 1 fully saturated rings. The SMILES string of the molecule is OCCCn1c(CCC2CCCCC2)nc2ccccc21. The van der Waals surface area contributed by atoms with Gasteiger partial charge in [0.25, 0.3) is 0 Å². The zero-order chi connectivity index (χ0) is 14.5. The Kier molecular flexibility index (Phi) is 4.91. The Morgan fingerprint density at radius 3 is 2.76 bits per heavy atom. The number of hydrogen-bond acceptors (Lipinski definition) is 2. The van der Waals surface area contributed by atoms with Gasteiger partial charge in [0.15, 0.2) is 0 Å². The fourth-order valence-electron chi connectivity index (χ4n) is 3.60. The van der Waals surface area contributed by atoms with Gasteiger partial charge in [-0.25, -0.2) is 4.98 Å². The molecule has 1 heterocycles. The fourth-order valence-corrected chi connectivity index (χ4v) is 3.60. The van der Waals surface area contributed by atoms with Gasteiger partial charge in [0, 0.05) is 19.6 Å². The van der Waals surface area contributed by atoms with Crippen LogP contribution in [0.3, 0.4) is 0 Å². The van der Waals surface area contributed by atoms with E-state index in [9.17, 15) is 0 Å². The van der Waals surface area contributed by atoms with Crippen LogP contribution in [0.5, 0.6) is 0 Å². The maximum absolute atomic E-state index is 9.13. The van der Waals surface area contributed by atoms with Gasteiger partial charge in [-0.05, 0) is 30.9 Å². The summed E-state index contributed by atoms with van der Waals surface area (Å²) < 4.78 is 2.31. The molecule has 114 valence electrons. The van der Waals surface area contributed by atoms with Crippen LogP contribution in [0.15, 0.2) is 24.3 Å². The summed E-state index contributed by atoms with van der Waals surface area (Å²) in [5.41, 5.74) is 2.30. The first kappa shape index (κ1) is 14.6. The van der Waals surface area contributed by atoms with E-state index in [0.717, 1.165) is 30.8 Å². The number of hydrogen-bond donors (Lipinski definition) is 1. The van der Waals surface area contributed by atoms with E-state index in [1.54, 1.807) is 0 Å². The molecule has 0 spiro atoms. The van der Waals surface area contributed by atoms with Crippen molar-refractivity contribution < 1.29 is 5.11 Å². The number of fused-ring (bicyclic) bond motifs is 1. The molecule has 0 aliphatic heterocycles. The third-order valence-electron chi connectivity index (χ3n) is 4.77. The second-order valence-corrected chi connectivity index (χ2v) is 6.29. The molecule has 1 aliphatic carbocycles. The Bertz CT molecular complexity index is 570. The van der Waals surface area contributed by atoms with Crippen LogP contribution in [-0.4, -0.2) is 21.3 Å². The van der Waals surface area contributed by atoms with Crippen molar-refractivity contribution in [3.63, 3.8) is 0 Å². The van der Waals surface area contributed by atoms with Crippen molar-refractivity contribution >= 4 is 11.0 Å². The molecular weight excluding hydrogens is 260 g/mol. The van der Waals surface area contributed by atoms with Crippen molar-refractivity contribution in [2.45, 2.75) is 57.9 Å². The number of nitrogens with zero attached hydrogens (tertiary/aromatic N) is 2. The van der Waals surface area contributed by atoms with E-state index >= 15 is 0 Å². The minimum Gasteiger partial charge on any atom is -0.396 e. The molecule has 3 heteroatoms. The minimum atomic E-state index is 0.245. The van der Waals surface area contributed by atoms with Crippen LogP contribution < -0.4 is 0 Å². The Balaban J connectivity index is 1.75. The molecule has 3 rings (SSSR count). The molecule has 0 unspecified atom stereocenters. The normalized spacial score (nSPS) is 16.6. The largest absolute Gasteiger partial charge is 0.396 e. The summed E-state index contributed by atoms with van der Waals surface area (Å²) in [4.78, 5) is 4.83. The first-order valence-electron chi connectivity index (χ1n) is 8.43. The van der Waals surface area contributed by atoms with Gasteiger partial charge in [-0.2, -0.15) is 0 Å². The third-order valence-corrected chi connectivity index (χ3v) is 4.77. The molecule has 0 saturated heterocycles. The Morgan fingerprint density at radius 1 is 1.14 bits per heavy atom. The van der Waals surface area contributed by atoms with Crippen molar-refractivity contribution in [3.05, 3.63) is 30.1 Å². The van der Waals surface area contributed by atoms with Gasteiger partial charge < -0.3 is 9.67 Å². The third kappa shape index (κ3) is 3.46. The maximum atomic E-state index is 9.13. The summed E-state index contributed by atoms with van der Waals surface area (Å²) >= 11 is 0. The molecule has 1 saturated carbocycles. The van der Waals surface area contributed by atoms with Gasteiger partial charge in [0.05, 0.1) is 11.0 Å². The van der Waals surface area contributed by atoms with E-state index in [4.69, 9.17) is 10.1 Å². The summed E-state index contributed by atoms with van der Waals surface area (Å²) in [7, 11) is 0. The number of para-hydroxylation sites is 2. The number of aromatic nitrogens is 2. The topological polar surface area (TPSA) is 38.0 Å². The molecule has 1 N–H and O–H groups in total. The van der Waals surface area contributed by atoms with E-state index in [0.29, 0.717) is 0 Å². The smallest absolute Gasteiger partial charge is 0.109 e. The second-order valence-electron chi connectivity index (χ2n) is 6.29. The van der Waals surface area contributed by atoms with Crippen molar-refractivity contribution in [1.29, 1.82) is 0 Å². The second kappa shape index (κ2) is 7.08. The highest BCUT2D eigenvalue weighted by Gasteiger charge is 2.16. The van der Waals surface area contributed by atoms with Crippen molar-refractivity contribution in [1.82, 2.24) is 9.55 Å². The number of benzene rings is 1. The molecule has 0 amide bonds. The lowest BCUT2D eigenvalue weighted by Crippen LogP contribution is -2.11. The maximum Gasteiger partial charge on any atom is 0.109 e. The molecule has 21 heavy (non-hydrogen) atoms. The van der Waals surface area contributed by atoms with Crippen LogP contribution in [0.1, 0.15) is 50.8 Å². The number of imidazole rings is 1. The average Bonchev–Trinajstić information content (AvgIpc) is 2.89. The van der Waals surface area contributed by atoms with E-state index in [2.05, 4.69) is 28.8 Å². The van der Waals surface area contributed by atoms with Crippen LogP contribution in [0.25, 0.3) is 11.0 Å². The summed E-state index contributed by atoms with van der Waals surface area (Å²) in [6, 6.07) is 8.36. The monoisotopic (exact) mass is 286 g/mol. The lowest BCUT2D eigenvalue weighted by molar-refractivity contribution is 0.279. The quantitative estimate of drug-likeness (QED) is 0.873. The minimum absolute atomic E-state index is 0.245. The Labute approximate surface area is 127 Å². The predicted molar refractivity (Wildman–Crippen MR) is 86.3 cm³/mol. The first-order chi connectivity index (χ1) is 10.4. The average molecular weight is 286 g/mol. The number of aliphatic hydroxyl groups is 1. The molecule has 1 aliphatic rings. The molecular formula is C18H26N2O. The number of aliphatic hydroxyl groups excluding tert-OH is 1. The van der Waals surface area contributed by atoms with Crippen LogP contribution in [0, 0.1) is 5.92 Å². The number of aryl methyl sites for hydroxylation is 2. The molecule has 1 aromatic heterocycles. The zero-order valence-corrected chi connectivity index (χ0v) is 12.8. The van der Waals surface area contributed by atoms with Crippen LogP contribution in [0.4, 0.5) is 0 Å². The van der Waals surface area contributed by atoms with Gasteiger partial charge in [-0.1, -0.05) is 44.2 Å². The lowest BCUT2D eigenvalue weighted by atomic mass is 9.86. The van der Waals surface area contributed by atoms with Gasteiger partial charge in [-0.3, -0.25) is 0 Å².